The molecule has 8 heteroatoms. The number of anilines is 1. The zero-order valence-corrected chi connectivity index (χ0v) is 19.9. The maximum Gasteiger partial charge on any atom is 0.409 e. The first kappa shape index (κ1) is 22.0. The molecule has 0 aliphatic carbocycles. The van der Waals surface area contributed by atoms with E-state index in [2.05, 4.69) is 29.6 Å². The summed E-state index contributed by atoms with van der Waals surface area (Å²) in [5.74, 6) is 0. The van der Waals surface area contributed by atoms with Gasteiger partial charge in [0.05, 0.1) is 28.7 Å². The molecule has 4 aromatic carbocycles. The lowest BCUT2D eigenvalue weighted by Gasteiger charge is -2.34. The fourth-order valence-corrected chi connectivity index (χ4v) is 4.87. The van der Waals surface area contributed by atoms with Crippen molar-refractivity contribution in [2.24, 2.45) is 0 Å². The van der Waals surface area contributed by atoms with Crippen LogP contribution in [-0.2, 0) is 4.74 Å². The third kappa shape index (κ3) is 3.80. The highest BCUT2D eigenvalue weighted by atomic mass is 16.6. The molecule has 0 unspecified atom stereocenters. The van der Waals surface area contributed by atoms with E-state index >= 15 is 0 Å². The fourth-order valence-electron chi connectivity index (χ4n) is 4.87. The number of carbonyl (C=O) groups is 2. The van der Waals surface area contributed by atoms with Crippen molar-refractivity contribution in [3.63, 3.8) is 0 Å². The minimum atomic E-state index is -0.335. The van der Waals surface area contributed by atoms with E-state index in [0.717, 1.165) is 38.1 Å². The second-order valence-electron chi connectivity index (χ2n) is 8.82. The molecule has 0 bridgehead atoms. The van der Waals surface area contributed by atoms with Gasteiger partial charge in [0, 0.05) is 42.6 Å². The molecule has 0 atom stereocenters. The van der Waals surface area contributed by atoms with Crippen molar-refractivity contribution in [3.8, 4) is 0 Å². The summed E-state index contributed by atoms with van der Waals surface area (Å²) in [5.41, 5.74) is 3.85. The zero-order valence-electron chi connectivity index (χ0n) is 19.9. The minimum absolute atomic E-state index is 0.206. The van der Waals surface area contributed by atoms with E-state index in [9.17, 15) is 9.59 Å². The van der Waals surface area contributed by atoms with Crippen molar-refractivity contribution in [1.29, 1.82) is 0 Å². The van der Waals surface area contributed by atoms with Crippen LogP contribution in [0.4, 0.5) is 15.3 Å². The highest BCUT2D eigenvalue weighted by Crippen LogP contribution is 2.34. The van der Waals surface area contributed by atoms with E-state index in [1.165, 1.54) is 0 Å². The normalized spacial score (nSPS) is 14.0. The molecule has 0 spiro atoms. The first-order valence-corrected chi connectivity index (χ1v) is 12.1. The number of urea groups is 1. The number of piperazine rings is 1. The van der Waals surface area contributed by atoms with E-state index in [1.807, 2.05) is 42.5 Å². The van der Waals surface area contributed by atoms with Crippen LogP contribution in [0.2, 0.25) is 0 Å². The largest absolute Gasteiger partial charge is 0.450 e. The molecule has 1 aromatic heterocycles. The van der Waals surface area contributed by atoms with Crippen LogP contribution in [0.15, 0.2) is 66.7 Å². The van der Waals surface area contributed by atoms with Crippen LogP contribution < -0.4 is 5.32 Å². The number of nitrogens with zero attached hydrogens (tertiary/aromatic N) is 4. The average molecular weight is 480 g/mol. The Morgan fingerprint density at radius 3 is 1.94 bits per heavy atom. The van der Waals surface area contributed by atoms with Crippen molar-refractivity contribution in [2.45, 2.75) is 6.92 Å². The fraction of sp³-hybridized carbons (Fsp3) is 0.214. The standard InChI is InChI=1S/C28H25N5O3/c1-2-36-28(35)33-15-13-32(14-16-33)27(34)29-18-11-12-23-24(17-18)31-26-22-10-6-4-8-20(22)19-7-3-5-9-21(19)25(26)30-23/h3-12,17H,2,13-16H2,1H3,(H,29,34). The lowest BCUT2D eigenvalue weighted by atomic mass is 9.99. The predicted octanol–water partition coefficient (Wildman–Crippen LogP) is 5.40. The first-order chi connectivity index (χ1) is 17.6. The zero-order chi connectivity index (χ0) is 24.6. The van der Waals surface area contributed by atoms with Gasteiger partial charge in [0.2, 0.25) is 0 Å². The van der Waals surface area contributed by atoms with Crippen molar-refractivity contribution in [3.05, 3.63) is 66.7 Å². The Balaban J connectivity index is 1.31. The van der Waals surface area contributed by atoms with E-state index in [4.69, 9.17) is 14.7 Å². The molecule has 36 heavy (non-hydrogen) atoms. The van der Waals surface area contributed by atoms with Gasteiger partial charge >= 0.3 is 12.1 Å². The third-order valence-corrected chi connectivity index (χ3v) is 6.66. The molecule has 3 amide bonds. The van der Waals surface area contributed by atoms with Crippen LogP contribution in [0, 0.1) is 0 Å². The van der Waals surface area contributed by atoms with Crippen LogP contribution in [0.1, 0.15) is 6.92 Å². The van der Waals surface area contributed by atoms with Crippen LogP contribution in [0.3, 0.4) is 0 Å². The highest BCUT2D eigenvalue weighted by molar-refractivity contribution is 6.23. The van der Waals surface area contributed by atoms with Gasteiger partial charge in [0.1, 0.15) is 0 Å². The third-order valence-electron chi connectivity index (χ3n) is 6.66. The summed E-state index contributed by atoms with van der Waals surface area (Å²) in [6.45, 7) is 3.91. The number of amides is 3. The number of hydrogen-bond acceptors (Lipinski definition) is 5. The van der Waals surface area contributed by atoms with E-state index < -0.39 is 0 Å². The topological polar surface area (TPSA) is 87.7 Å². The number of fused-ring (bicyclic) bond motifs is 7. The molecule has 2 heterocycles. The number of rotatable bonds is 2. The Hall–Kier alpha value is -4.46. The van der Waals surface area contributed by atoms with Gasteiger partial charge in [-0.05, 0) is 35.9 Å². The van der Waals surface area contributed by atoms with Crippen molar-refractivity contribution >= 4 is 61.4 Å². The van der Waals surface area contributed by atoms with E-state index in [1.54, 1.807) is 16.7 Å². The predicted molar refractivity (Wildman–Crippen MR) is 141 cm³/mol. The molecular weight excluding hydrogens is 454 g/mol. The Morgan fingerprint density at radius 2 is 1.33 bits per heavy atom. The lowest BCUT2D eigenvalue weighted by Crippen LogP contribution is -2.51. The number of aromatic nitrogens is 2. The van der Waals surface area contributed by atoms with Crippen LogP contribution in [0.25, 0.3) is 43.6 Å². The number of carbonyl (C=O) groups excluding carboxylic acids is 2. The summed E-state index contributed by atoms with van der Waals surface area (Å²) in [7, 11) is 0. The van der Waals surface area contributed by atoms with Crippen LogP contribution in [-0.4, -0.2) is 64.7 Å². The number of ether oxygens (including phenoxy) is 1. The number of benzene rings is 4. The SMILES string of the molecule is CCOC(=O)N1CCN(C(=O)Nc2ccc3nc4c5ccccc5c5ccccc5c4nc3c2)CC1. The quantitative estimate of drug-likeness (QED) is 0.271. The van der Waals surface area contributed by atoms with Gasteiger partial charge in [-0.25, -0.2) is 19.6 Å². The van der Waals surface area contributed by atoms with Crippen molar-refractivity contribution < 1.29 is 14.3 Å². The number of nitrogens with one attached hydrogen (secondary N) is 1. The molecule has 1 aliphatic heterocycles. The maximum atomic E-state index is 12.9. The first-order valence-electron chi connectivity index (χ1n) is 12.1. The summed E-state index contributed by atoms with van der Waals surface area (Å²) in [6.07, 6.45) is -0.335. The summed E-state index contributed by atoms with van der Waals surface area (Å²) in [6, 6.07) is 21.9. The van der Waals surface area contributed by atoms with Gasteiger partial charge in [-0.1, -0.05) is 48.5 Å². The molecule has 180 valence electrons. The Morgan fingerprint density at radius 1 is 0.778 bits per heavy atom. The maximum absolute atomic E-state index is 12.9. The lowest BCUT2D eigenvalue weighted by molar-refractivity contribution is 0.0868. The summed E-state index contributed by atoms with van der Waals surface area (Å²) < 4.78 is 5.05. The summed E-state index contributed by atoms with van der Waals surface area (Å²) in [4.78, 5) is 38.1. The molecule has 5 aromatic rings. The van der Waals surface area contributed by atoms with Gasteiger partial charge in [-0.3, -0.25) is 0 Å². The monoisotopic (exact) mass is 479 g/mol. The average Bonchev–Trinajstić information content (AvgIpc) is 2.92. The van der Waals surface area contributed by atoms with Gasteiger partial charge in [0.15, 0.2) is 0 Å². The highest BCUT2D eigenvalue weighted by Gasteiger charge is 2.25. The molecule has 0 radical (unpaired) electrons. The molecule has 1 saturated heterocycles. The molecule has 6 rings (SSSR count). The molecule has 1 aliphatic rings. The summed E-state index contributed by atoms with van der Waals surface area (Å²) >= 11 is 0. The molecule has 1 N–H and O–H groups in total. The van der Waals surface area contributed by atoms with Crippen molar-refractivity contribution in [2.75, 3.05) is 38.1 Å². The van der Waals surface area contributed by atoms with Gasteiger partial charge in [0.25, 0.3) is 0 Å². The molecule has 0 saturated carbocycles. The number of hydrogen-bond donors (Lipinski definition) is 1. The van der Waals surface area contributed by atoms with E-state index in [0.29, 0.717) is 44.0 Å². The van der Waals surface area contributed by atoms with Crippen LogP contribution in [0.5, 0.6) is 0 Å². The Labute approximate surface area is 207 Å². The van der Waals surface area contributed by atoms with Gasteiger partial charge in [-0.15, -0.1) is 0 Å². The second kappa shape index (κ2) is 8.96. The smallest absolute Gasteiger partial charge is 0.409 e. The minimum Gasteiger partial charge on any atom is -0.450 e. The second-order valence-corrected chi connectivity index (χ2v) is 8.82. The van der Waals surface area contributed by atoms with Crippen molar-refractivity contribution in [1.82, 2.24) is 19.8 Å². The Bertz CT molecular complexity index is 1640. The summed E-state index contributed by atoms with van der Waals surface area (Å²) in [5, 5.41) is 7.39. The van der Waals surface area contributed by atoms with Gasteiger partial charge in [-0.2, -0.15) is 0 Å². The van der Waals surface area contributed by atoms with E-state index in [-0.39, 0.29) is 12.1 Å². The Kier molecular flexibility index (Phi) is 5.48. The van der Waals surface area contributed by atoms with Crippen LogP contribution >= 0.6 is 0 Å². The van der Waals surface area contributed by atoms with Gasteiger partial charge < -0.3 is 19.9 Å². The molecule has 8 nitrogen and oxygen atoms in total. The molecule has 1 fully saturated rings. The molecular formula is C28H25N5O3.